The van der Waals surface area contributed by atoms with Crippen LogP contribution in [0.4, 0.5) is 16.3 Å². The van der Waals surface area contributed by atoms with Gasteiger partial charge in [0.2, 0.25) is 0 Å². The number of aliphatic hydroxyl groups is 1. The van der Waals surface area contributed by atoms with Crippen LogP contribution in [0, 0.1) is 0 Å². The molecular formula is C19H25N5O4S. The first kappa shape index (κ1) is 21.0. The lowest BCUT2D eigenvalue weighted by atomic mass is 10.2. The highest BCUT2D eigenvalue weighted by Gasteiger charge is 2.23. The first-order valence-corrected chi connectivity index (χ1v) is 11.4. The summed E-state index contributed by atoms with van der Waals surface area (Å²) in [6, 6.07) is 8.32. The number of benzene rings is 1. The molecule has 1 aromatic heterocycles. The molecule has 0 saturated heterocycles. The number of hydrogen-bond donors (Lipinski definition) is 4. The predicted molar refractivity (Wildman–Crippen MR) is 111 cm³/mol. The fraction of sp³-hybridized carbons (Fsp3) is 0.421. The molecule has 1 fully saturated rings. The van der Waals surface area contributed by atoms with E-state index in [-0.39, 0.29) is 30.5 Å². The molecule has 0 spiro atoms. The summed E-state index contributed by atoms with van der Waals surface area (Å²) in [4.78, 5) is 20.6. The van der Waals surface area contributed by atoms with Crippen LogP contribution in [0.3, 0.4) is 0 Å². The van der Waals surface area contributed by atoms with Gasteiger partial charge in [0, 0.05) is 35.7 Å². The Kier molecular flexibility index (Phi) is 6.33. The Balaban J connectivity index is 1.82. The molecule has 1 atom stereocenters. The second-order valence-corrected chi connectivity index (χ2v) is 9.46. The van der Waals surface area contributed by atoms with E-state index in [4.69, 9.17) is 0 Å². The minimum Gasteiger partial charge on any atom is -0.394 e. The highest BCUT2D eigenvalue weighted by Crippen LogP contribution is 2.22. The molecule has 1 aliphatic rings. The van der Waals surface area contributed by atoms with Crippen molar-refractivity contribution < 1.29 is 18.3 Å². The van der Waals surface area contributed by atoms with Gasteiger partial charge >= 0.3 is 6.03 Å². The molecule has 156 valence electrons. The topological polar surface area (TPSA) is 133 Å². The molecule has 0 aliphatic heterocycles. The molecule has 1 aromatic carbocycles. The van der Waals surface area contributed by atoms with Gasteiger partial charge in [0.25, 0.3) is 0 Å². The van der Waals surface area contributed by atoms with Crippen LogP contribution in [0.25, 0.3) is 11.4 Å². The van der Waals surface area contributed by atoms with Crippen molar-refractivity contribution in [3.8, 4) is 11.4 Å². The number of amides is 2. The first-order valence-electron chi connectivity index (χ1n) is 9.33. The first-order chi connectivity index (χ1) is 13.7. The van der Waals surface area contributed by atoms with Gasteiger partial charge in [0.15, 0.2) is 15.7 Å². The molecule has 0 bridgehead atoms. The maximum atomic E-state index is 11.8. The van der Waals surface area contributed by atoms with E-state index in [1.807, 2.05) is 0 Å². The second-order valence-electron chi connectivity index (χ2n) is 7.32. The minimum atomic E-state index is -3.27. The maximum Gasteiger partial charge on any atom is 0.319 e. The molecule has 2 aromatic rings. The Morgan fingerprint density at radius 1 is 1.24 bits per heavy atom. The van der Waals surface area contributed by atoms with Gasteiger partial charge in [-0.15, -0.1) is 0 Å². The minimum absolute atomic E-state index is 0.0932. The summed E-state index contributed by atoms with van der Waals surface area (Å²) in [5.41, 5.74) is 1.66. The number of sulfone groups is 1. The Bertz CT molecular complexity index is 975. The number of nitrogens with one attached hydrogen (secondary N) is 3. The Hall–Kier alpha value is -2.72. The quantitative estimate of drug-likeness (QED) is 0.512. The average Bonchev–Trinajstić information content (AvgIpc) is 3.44. The number of hydrogen-bond acceptors (Lipinski definition) is 7. The second kappa shape index (κ2) is 8.75. The number of carbonyl (C=O) groups excluding carboxylic acids is 1. The SMILES string of the molecule is C[C@@H](CO)Nc1cc(CS(C)(=O)=O)nc(-c2ccc(NC(=O)NC3CC3)cc2)n1. The summed E-state index contributed by atoms with van der Waals surface area (Å²) in [5, 5.41) is 17.9. The normalized spacial score (nSPS) is 14.9. The van der Waals surface area contributed by atoms with Gasteiger partial charge in [-0.1, -0.05) is 0 Å². The Morgan fingerprint density at radius 2 is 1.93 bits per heavy atom. The molecule has 10 heteroatoms. The summed E-state index contributed by atoms with van der Waals surface area (Å²) >= 11 is 0. The van der Waals surface area contributed by atoms with Crippen LogP contribution in [-0.2, 0) is 15.6 Å². The third-order valence-corrected chi connectivity index (χ3v) is 4.99. The molecule has 4 N–H and O–H groups in total. The van der Waals surface area contributed by atoms with E-state index in [9.17, 15) is 18.3 Å². The van der Waals surface area contributed by atoms with Crippen LogP contribution in [0.1, 0.15) is 25.5 Å². The third-order valence-electron chi connectivity index (χ3n) is 4.17. The monoisotopic (exact) mass is 419 g/mol. The number of rotatable bonds is 8. The van der Waals surface area contributed by atoms with Gasteiger partial charge in [-0.3, -0.25) is 0 Å². The summed E-state index contributed by atoms with van der Waals surface area (Å²) in [7, 11) is -3.27. The van der Waals surface area contributed by atoms with E-state index in [0.29, 0.717) is 28.6 Å². The maximum absolute atomic E-state index is 11.8. The highest BCUT2D eigenvalue weighted by molar-refractivity contribution is 7.89. The Labute approximate surface area is 169 Å². The van der Waals surface area contributed by atoms with Crippen LogP contribution in [0.2, 0.25) is 0 Å². The molecule has 0 unspecified atom stereocenters. The zero-order valence-corrected chi connectivity index (χ0v) is 17.2. The lowest BCUT2D eigenvalue weighted by Gasteiger charge is -2.14. The lowest BCUT2D eigenvalue weighted by molar-refractivity contribution is 0.251. The van der Waals surface area contributed by atoms with Crippen molar-refractivity contribution in [2.45, 2.75) is 37.6 Å². The molecule has 1 heterocycles. The fourth-order valence-electron chi connectivity index (χ4n) is 2.62. The van der Waals surface area contributed by atoms with Gasteiger partial charge in [0.05, 0.1) is 18.1 Å². The van der Waals surface area contributed by atoms with Crippen molar-refractivity contribution in [2.75, 3.05) is 23.5 Å². The lowest BCUT2D eigenvalue weighted by Crippen LogP contribution is -2.30. The highest BCUT2D eigenvalue weighted by atomic mass is 32.2. The molecule has 1 saturated carbocycles. The van der Waals surface area contributed by atoms with Crippen LogP contribution in [-0.4, -0.2) is 54.5 Å². The van der Waals surface area contributed by atoms with E-state index in [0.717, 1.165) is 19.1 Å². The summed E-state index contributed by atoms with van der Waals surface area (Å²) in [6.07, 6.45) is 3.17. The number of aliphatic hydroxyl groups excluding tert-OH is 1. The zero-order chi connectivity index (χ0) is 21.0. The number of anilines is 2. The van der Waals surface area contributed by atoms with E-state index >= 15 is 0 Å². The number of urea groups is 1. The molecule has 9 nitrogen and oxygen atoms in total. The molecule has 2 amide bonds. The fourth-order valence-corrected chi connectivity index (χ4v) is 3.31. The van der Waals surface area contributed by atoms with Crippen molar-refractivity contribution in [2.24, 2.45) is 0 Å². The largest absolute Gasteiger partial charge is 0.394 e. The average molecular weight is 420 g/mol. The third kappa shape index (κ3) is 6.68. The van der Waals surface area contributed by atoms with Crippen LogP contribution < -0.4 is 16.0 Å². The van der Waals surface area contributed by atoms with Crippen molar-refractivity contribution in [1.29, 1.82) is 0 Å². The van der Waals surface area contributed by atoms with Crippen LogP contribution in [0.15, 0.2) is 30.3 Å². The van der Waals surface area contributed by atoms with Crippen molar-refractivity contribution in [3.63, 3.8) is 0 Å². The number of aromatic nitrogens is 2. The summed E-state index contributed by atoms with van der Waals surface area (Å²) in [5.74, 6) is 0.570. The Morgan fingerprint density at radius 3 is 2.52 bits per heavy atom. The molecule has 3 rings (SSSR count). The summed E-state index contributed by atoms with van der Waals surface area (Å²) < 4.78 is 23.4. The molecule has 1 aliphatic carbocycles. The van der Waals surface area contributed by atoms with Gasteiger partial charge in [-0.05, 0) is 44.0 Å². The number of nitrogens with zero attached hydrogens (tertiary/aromatic N) is 2. The molecule has 29 heavy (non-hydrogen) atoms. The van der Waals surface area contributed by atoms with E-state index in [2.05, 4.69) is 25.9 Å². The van der Waals surface area contributed by atoms with Crippen molar-refractivity contribution in [3.05, 3.63) is 36.0 Å². The van der Waals surface area contributed by atoms with Gasteiger partial charge in [0.1, 0.15) is 5.82 Å². The van der Waals surface area contributed by atoms with E-state index < -0.39 is 9.84 Å². The van der Waals surface area contributed by atoms with E-state index in [1.54, 1.807) is 37.3 Å². The smallest absolute Gasteiger partial charge is 0.319 e. The standard InChI is InChI=1S/C19H25N5O4S/c1-12(10-25)20-17-9-16(11-29(2,27)28)21-18(24-17)13-3-5-14(6-4-13)22-19(26)23-15-7-8-15/h3-6,9,12,15,25H,7-8,10-11H2,1-2H3,(H,20,21,24)(H2,22,23,26)/t12-/m0/s1. The van der Waals surface area contributed by atoms with Gasteiger partial charge < -0.3 is 21.1 Å². The van der Waals surface area contributed by atoms with Gasteiger partial charge in [-0.2, -0.15) is 0 Å². The predicted octanol–water partition coefficient (Wildman–Crippen LogP) is 1.76. The molecule has 0 radical (unpaired) electrons. The summed E-state index contributed by atoms with van der Waals surface area (Å²) in [6.45, 7) is 1.69. The van der Waals surface area contributed by atoms with Crippen LogP contribution >= 0.6 is 0 Å². The number of carbonyl (C=O) groups is 1. The van der Waals surface area contributed by atoms with Crippen LogP contribution in [0.5, 0.6) is 0 Å². The van der Waals surface area contributed by atoms with Crippen molar-refractivity contribution in [1.82, 2.24) is 15.3 Å². The van der Waals surface area contributed by atoms with Gasteiger partial charge in [-0.25, -0.2) is 23.2 Å². The zero-order valence-electron chi connectivity index (χ0n) is 16.3. The molecular weight excluding hydrogens is 394 g/mol. The van der Waals surface area contributed by atoms with E-state index in [1.165, 1.54) is 0 Å². The van der Waals surface area contributed by atoms with Crippen molar-refractivity contribution >= 4 is 27.4 Å².